The molecule has 0 aliphatic heterocycles. The molecule has 0 heterocycles. The smallest absolute Gasteiger partial charge is 0.407 e. The van der Waals surface area contributed by atoms with Crippen molar-refractivity contribution < 1.29 is 14.6 Å². The molecule has 162 valence electrons. The highest BCUT2D eigenvalue weighted by atomic mass is 32.2. The van der Waals surface area contributed by atoms with E-state index >= 15 is 0 Å². The Bertz CT molecular complexity index is 733. The number of carbonyl (C=O) groups is 1. The van der Waals surface area contributed by atoms with E-state index in [-0.39, 0.29) is 34.7 Å². The first kappa shape index (κ1) is 22.3. The SMILES string of the molecule is CSC1Cc2ccc(O)cc2C(C)(C)C1NC(=O)OC1CC(C)CCC1C(C)C. The van der Waals surface area contributed by atoms with Crippen molar-refractivity contribution >= 4 is 17.9 Å². The summed E-state index contributed by atoms with van der Waals surface area (Å²) in [5, 5.41) is 13.5. The largest absolute Gasteiger partial charge is 0.508 e. The molecule has 1 fully saturated rings. The zero-order valence-corrected chi connectivity index (χ0v) is 19.5. The highest BCUT2D eigenvalue weighted by Crippen LogP contribution is 2.42. The second-order valence-corrected chi connectivity index (χ2v) is 11.0. The topological polar surface area (TPSA) is 58.6 Å². The summed E-state index contributed by atoms with van der Waals surface area (Å²) in [5.74, 6) is 1.82. The molecule has 5 unspecified atom stereocenters. The first-order valence-electron chi connectivity index (χ1n) is 11.0. The molecule has 1 aromatic carbocycles. The Morgan fingerprint density at radius 1 is 1.31 bits per heavy atom. The summed E-state index contributed by atoms with van der Waals surface area (Å²) in [5.41, 5.74) is 2.06. The molecule has 5 heteroatoms. The van der Waals surface area contributed by atoms with Crippen LogP contribution in [0.1, 0.15) is 65.0 Å². The maximum absolute atomic E-state index is 13.0. The number of thioether (sulfide) groups is 1. The third-order valence-electron chi connectivity index (χ3n) is 7.15. The van der Waals surface area contributed by atoms with Crippen LogP contribution in [-0.4, -0.2) is 34.9 Å². The molecule has 2 aliphatic rings. The van der Waals surface area contributed by atoms with Crippen molar-refractivity contribution in [2.24, 2.45) is 17.8 Å². The van der Waals surface area contributed by atoms with Crippen LogP contribution in [0.3, 0.4) is 0 Å². The fourth-order valence-corrected chi connectivity index (χ4v) is 6.38. The van der Waals surface area contributed by atoms with Gasteiger partial charge < -0.3 is 15.2 Å². The highest BCUT2D eigenvalue weighted by molar-refractivity contribution is 7.99. The number of phenolic OH excluding ortho intramolecular Hbond substituents is 1. The lowest BCUT2D eigenvalue weighted by atomic mass is 9.69. The van der Waals surface area contributed by atoms with Gasteiger partial charge in [0.05, 0.1) is 6.04 Å². The van der Waals surface area contributed by atoms with E-state index in [0.29, 0.717) is 17.8 Å². The minimum absolute atomic E-state index is 0.00508. The minimum atomic E-state index is -0.296. The number of hydrogen-bond acceptors (Lipinski definition) is 4. The summed E-state index contributed by atoms with van der Waals surface area (Å²) >= 11 is 1.79. The Morgan fingerprint density at radius 2 is 2.03 bits per heavy atom. The molecule has 4 nitrogen and oxygen atoms in total. The average Bonchev–Trinajstić information content (AvgIpc) is 2.64. The van der Waals surface area contributed by atoms with Crippen LogP contribution < -0.4 is 5.32 Å². The Hall–Kier alpha value is -1.36. The van der Waals surface area contributed by atoms with Gasteiger partial charge in [-0.15, -0.1) is 0 Å². The van der Waals surface area contributed by atoms with Crippen LogP contribution in [0.4, 0.5) is 4.79 Å². The van der Waals surface area contributed by atoms with E-state index in [9.17, 15) is 9.90 Å². The maximum atomic E-state index is 13.0. The minimum Gasteiger partial charge on any atom is -0.508 e. The quantitative estimate of drug-likeness (QED) is 0.675. The van der Waals surface area contributed by atoms with E-state index < -0.39 is 0 Å². The van der Waals surface area contributed by atoms with Gasteiger partial charge in [-0.2, -0.15) is 11.8 Å². The summed E-state index contributed by atoms with van der Waals surface area (Å²) < 4.78 is 6.03. The number of nitrogens with one attached hydrogen (secondary N) is 1. The zero-order chi connectivity index (χ0) is 21.3. The average molecular weight is 420 g/mol. The van der Waals surface area contributed by atoms with Crippen LogP contribution in [0.2, 0.25) is 0 Å². The lowest BCUT2D eigenvalue weighted by Crippen LogP contribution is -2.57. The van der Waals surface area contributed by atoms with Gasteiger partial charge in [-0.05, 0) is 66.5 Å². The van der Waals surface area contributed by atoms with Gasteiger partial charge in [-0.3, -0.25) is 0 Å². The molecular formula is C24H37NO3S. The van der Waals surface area contributed by atoms with Crippen molar-refractivity contribution in [3.8, 4) is 5.75 Å². The van der Waals surface area contributed by atoms with Crippen LogP contribution in [0.15, 0.2) is 18.2 Å². The standard InChI is InChI=1S/C24H37NO3S/c1-14(2)18-10-7-15(3)11-20(18)28-23(27)25-22-21(29-6)12-16-8-9-17(26)13-19(16)24(22,4)5/h8-9,13-15,18,20-22,26H,7,10-12H2,1-6H3,(H,25,27). The number of rotatable bonds is 4. The summed E-state index contributed by atoms with van der Waals surface area (Å²) in [4.78, 5) is 13.0. The highest BCUT2D eigenvalue weighted by Gasteiger charge is 2.44. The van der Waals surface area contributed by atoms with Crippen molar-refractivity contribution in [3.63, 3.8) is 0 Å². The van der Waals surface area contributed by atoms with Gasteiger partial charge in [-0.25, -0.2) is 4.79 Å². The summed E-state index contributed by atoms with van der Waals surface area (Å²) in [6.07, 6.45) is 5.97. The third kappa shape index (κ3) is 4.70. The number of fused-ring (bicyclic) bond motifs is 1. The van der Waals surface area contributed by atoms with Crippen LogP contribution in [0, 0.1) is 17.8 Å². The van der Waals surface area contributed by atoms with Gasteiger partial charge in [0.25, 0.3) is 0 Å². The Labute approximate surface area is 180 Å². The Kier molecular flexibility index (Phi) is 6.77. The number of ether oxygens (including phenoxy) is 1. The fourth-order valence-electron chi connectivity index (χ4n) is 5.35. The Morgan fingerprint density at radius 3 is 2.69 bits per heavy atom. The van der Waals surface area contributed by atoms with Crippen molar-refractivity contribution in [3.05, 3.63) is 29.3 Å². The van der Waals surface area contributed by atoms with Crippen LogP contribution in [0.25, 0.3) is 0 Å². The van der Waals surface area contributed by atoms with Gasteiger partial charge in [-0.1, -0.05) is 47.1 Å². The lowest BCUT2D eigenvalue weighted by Gasteiger charge is -2.45. The molecule has 0 bridgehead atoms. The number of aromatic hydroxyl groups is 1. The molecule has 1 amide bonds. The predicted molar refractivity (Wildman–Crippen MR) is 121 cm³/mol. The molecule has 0 aromatic heterocycles. The van der Waals surface area contributed by atoms with Crippen molar-refractivity contribution in [2.75, 3.05) is 6.26 Å². The van der Waals surface area contributed by atoms with E-state index in [0.717, 1.165) is 24.8 Å². The molecule has 5 atom stereocenters. The first-order chi connectivity index (χ1) is 13.6. The van der Waals surface area contributed by atoms with Gasteiger partial charge in [0.15, 0.2) is 0 Å². The van der Waals surface area contributed by atoms with Crippen LogP contribution >= 0.6 is 11.8 Å². The van der Waals surface area contributed by atoms with Gasteiger partial charge in [0, 0.05) is 10.7 Å². The molecule has 1 saturated carbocycles. The van der Waals surface area contributed by atoms with Crippen LogP contribution in [-0.2, 0) is 16.6 Å². The van der Waals surface area contributed by atoms with E-state index in [4.69, 9.17) is 4.74 Å². The number of alkyl carbamates (subject to hydrolysis) is 1. The van der Waals surface area contributed by atoms with Gasteiger partial charge in [0.2, 0.25) is 0 Å². The van der Waals surface area contributed by atoms with Gasteiger partial charge in [0.1, 0.15) is 11.9 Å². The van der Waals surface area contributed by atoms with E-state index in [1.54, 1.807) is 17.8 Å². The first-order valence-corrected chi connectivity index (χ1v) is 12.2. The van der Waals surface area contributed by atoms with E-state index in [1.165, 1.54) is 12.0 Å². The summed E-state index contributed by atoms with van der Waals surface area (Å²) in [6, 6.07) is 5.56. The summed E-state index contributed by atoms with van der Waals surface area (Å²) in [7, 11) is 0. The normalized spacial score (nSPS) is 31.2. The summed E-state index contributed by atoms with van der Waals surface area (Å²) in [6.45, 7) is 11.0. The molecule has 0 spiro atoms. The second-order valence-electron chi connectivity index (χ2n) is 9.93. The zero-order valence-electron chi connectivity index (χ0n) is 18.7. The van der Waals surface area contributed by atoms with E-state index in [1.807, 2.05) is 12.1 Å². The molecule has 2 N–H and O–H groups in total. The maximum Gasteiger partial charge on any atom is 0.407 e. The molecule has 29 heavy (non-hydrogen) atoms. The fraction of sp³-hybridized carbons (Fsp3) is 0.708. The van der Waals surface area contributed by atoms with Crippen molar-refractivity contribution in [1.29, 1.82) is 0 Å². The number of hydrogen-bond donors (Lipinski definition) is 2. The number of amides is 1. The molecule has 0 saturated heterocycles. The predicted octanol–water partition coefficient (Wildman–Crippen LogP) is 5.51. The molecular weight excluding hydrogens is 382 g/mol. The van der Waals surface area contributed by atoms with Crippen molar-refractivity contribution in [2.45, 2.75) is 83.1 Å². The number of carbonyl (C=O) groups excluding carboxylic acids is 1. The van der Waals surface area contributed by atoms with Crippen molar-refractivity contribution in [1.82, 2.24) is 5.32 Å². The Balaban J connectivity index is 1.77. The molecule has 0 radical (unpaired) electrons. The molecule has 3 rings (SSSR count). The monoisotopic (exact) mass is 419 g/mol. The number of benzene rings is 1. The van der Waals surface area contributed by atoms with Gasteiger partial charge >= 0.3 is 6.09 Å². The molecule has 1 aromatic rings. The molecule has 2 aliphatic carbocycles. The second kappa shape index (κ2) is 8.79. The number of phenols is 1. The van der Waals surface area contributed by atoms with Crippen LogP contribution in [0.5, 0.6) is 5.75 Å². The third-order valence-corrected chi connectivity index (χ3v) is 8.20. The van der Waals surface area contributed by atoms with E-state index in [2.05, 4.69) is 46.2 Å². The lowest BCUT2D eigenvalue weighted by molar-refractivity contribution is 0.00369.